The zero-order chi connectivity index (χ0) is 21.3. The molecule has 1 unspecified atom stereocenters. The highest BCUT2D eigenvalue weighted by Gasteiger charge is 2.37. The number of anilines is 1. The van der Waals surface area contributed by atoms with Gasteiger partial charge in [-0.1, -0.05) is 5.16 Å². The Hall–Kier alpha value is -2.61. The fraction of sp³-hybridized carbons (Fsp3) is 0.381. The first-order valence-corrected chi connectivity index (χ1v) is 10.2. The molecule has 1 aliphatic rings. The molecular weight excluding hydrogens is 417 g/mol. The van der Waals surface area contributed by atoms with Crippen molar-refractivity contribution in [2.45, 2.75) is 44.3 Å². The van der Waals surface area contributed by atoms with E-state index < -0.39 is 11.7 Å². The molecule has 1 atom stereocenters. The smallest absolute Gasteiger partial charge is 0.368 e. The Bertz CT molecular complexity index is 1040. The lowest BCUT2D eigenvalue weighted by Crippen LogP contribution is -2.38. The number of halogens is 4. The van der Waals surface area contributed by atoms with E-state index in [1.807, 2.05) is 11.8 Å². The number of hydrogen-bond donors (Lipinski definition) is 0. The van der Waals surface area contributed by atoms with Crippen LogP contribution in [0.25, 0.3) is 22.8 Å². The van der Waals surface area contributed by atoms with E-state index in [0.29, 0.717) is 17.8 Å². The van der Waals surface area contributed by atoms with Crippen LogP contribution in [0.1, 0.15) is 37.4 Å². The quantitative estimate of drug-likeness (QED) is 0.474. The molecule has 1 fully saturated rings. The summed E-state index contributed by atoms with van der Waals surface area (Å²) in [6.45, 7) is 2.57. The van der Waals surface area contributed by atoms with Crippen LogP contribution in [0.5, 0.6) is 0 Å². The number of hydrogen-bond acceptors (Lipinski definition) is 5. The lowest BCUT2D eigenvalue weighted by molar-refractivity contribution is -0.137. The highest BCUT2D eigenvalue weighted by Crippen LogP contribution is 2.41. The number of rotatable bonds is 4. The van der Waals surface area contributed by atoms with E-state index in [1.54, 1.807) is 24.4 Å². The van der Waals surface area contributed by atoms with E-state index in [-0.39, 0.29) is 34.9 Å². The molecule has 2 aromatic heterocycles. The average Bonchev–Trinajstić information content (AvgIpc) is 3.23. The number of nitrogens with zero attached hydrogens (tertiary/aromatic N) is 4. The molecule has 0 aliphatic carbocycles. The fourth-order valence-electron chi connectivity index (χ4n) is 3.75. The van der Waals surface area contributed by atoms with Crippen LogP contribution in [0, 0.1) is 0 Å². The molecule has 1 aromatic carbocycles. The van der Waals surface area contributed by atoms with E-state index in [9.17, 15) is 13.2 Å². The van der Waals surface area contributed by atoms with Crippen molar-refractivity contribution in [2.24, 2.45) is 0 Å². The first-order chi connectivity index (χ1) is 14.4. The van der Waals surface area contributed by atoms with Crippen molar-refractivity contribution >= 4 is 17.3 Å². The van der Waals surface area contributed by atoms with Crippen LogP contribution in [0.15, 0.2) is 41.1 Å². The summed E-state index contributed by atoms with van der Waals surface area (Å²) < 4.78 is 46.9. The first-order valence-electron chi connectivity index (χ1n) is 9.70. The second-order valence-corrected chi connectivity index (χ2v) is 7.63. The van der Waals surface area contributed by atoms with Gasteiger partial charge >= 0.3 is 6.18 Å². The van der Waals surface area contributed by atoms with Crippen LogP contribution in [-0.4, -0.2) is 27.7 Å². The minimum atomic E-state index is -4.49. The van der Waals surface area contributed by atoms with Crippen molar-refractivity contribution in [3.8, 4) is 22.8 Å². The maximum Gasteiger partial charge on any atom is 0.418 e. The molecule has 0 N–H and O–H groups in total. The van der Waals surface area contributed by atoms with Gasteiger partial charge in [0.25, 0.3) is 5.89 Å². The topological polar surface area (TPSA) is 55.1 Å². The van der Waals surface area contributed by atoms with E-state index in [4.69, 9.17) is 16.1 Å². The van der Waals surface area contributed by atoms with Gasteiger partial charge in [0.05, 0.1) is 17.1 Å². The molecule has 30 heavy (non-hydrogen) atoms. The molecule has 1 saturated heterocycles. The highest BCUT2D eigenvalue weighted by atomic mass is 35.5. The molecule has 3 heterocycles. The summed E-state index contributed by atoms with van der Waals surface area (Å²) in [6.07, 6.45) is -0.137. The summed E-state index contributed by atoms with van der Waals surface area (Å²) in [5.41, 5.74) is 0.993. The summed E-state index contributed by atoms with van der Waals surface area (Å²) in [4.78, 5) is 10.2. The number of pyridine rings is 1. The zero-order valence-corrected chi connectivity index (χ0v) is 17.0. The Morgan fingerprint density at radius 3 is 2.73 bits per heavy atom. The maximum absolute atomic E-state index is 13.9. The van der Waals surface area contributed by atoms with Gasteiger partial charge in [0.15, 0.2) is 0 Å². The predicted octanol–water partition coefficient (Wildman–Crippen LogP) is 5.94. The third kappa shape index (κ3) is 4.14. The van der Waals surface area contributed by atoms with E-state index in [2.05, 4.69) is 15.1 Å². The van der Waals surface area contributed by atoms with Gasteiger partial charge in [-0.05, 0) is 56.5 Å². The van der Waals surface area contributed by atoms with Crippen LogP contribution in [-0.2, 0) is 12.1 Å². The number of piperidine rings is 1. The van der Waals surface area contributed by atoms with Crippen molar-refractivity contribution in [2.75, 3.05) is 11.4 Å². The predicted molar refractivity (Wildman–Crippen MR) is 108 cm³/mol. The standard InChI is InChI=1S/C21H20ClF3N4O/c1-13-4-2-3-9-29(13)18-6-5-15(11-17(18)21(23,24)25)20-27-19(28-30-20)14-7-8-26-16(10-14)12-22/h5-8,10-11,13H,2-4,9,12H2,1H3. The Morgan fingerprint density at radius 2 is 2.00 bits per heavy atom. The minimum Gasteiger partial charge on any atom is -0.368 e. The lowest BCUT2D eigenvalue weighted by Gasteiger charge is -2.37. The molecular formula is C21H20ClF3N4O. The third-order valence-corrected chi connectivity index (χ3v) is 5.57. The summed E-state index contributed by atoms with van der Waals surface area (Å²) in [6, 6.07) is 7.64. The average molecular weight is 437 g/mol. The highest BCUT2D eigenvalue weighted by molar-refractivity contribution is 6.16. The molecule has 5 nitrogen and oxygen atoms in total. The number of benzene rings is 1. The Morgan fingerprint density at radius 1 is 1.17 bits per heavy atom. The molecule has 0 amide bonds. The van der Waals surface area contributed by atoms with Gasteiger partial charge in [0.2, 0.25) is 5.82 Å². The lowest BCUT2D eigenvalue weighted by atomic mass is 9.99. The van der Waals surface area contributed by atoms with Gasteiger partial charge in [0, 0.05) is 35.6 Å². The molecule has 0 spiro atoms. The van der Waals surface area contributed by atoms with Gasteiger partial charge in [-0.2, -0.15) is 18.2 Å². The molecule has 0 bridgehead atoms. The molecule has 3 aromatic rings. The molecule has 158 valence electrons. The van der Waals surface area contributed by atoms with Gasteiger partial charge in [-0.25, -0.2) is 0 Å². The van der Waals surface area contributed by atoms with Gasteiger partial charge in [-0.15, -0.1) is 11.6 Å². The largest absolute Gasteiger partial charge is 0.418 e. The molecule has 4 rings (SSSR count). The third-order valence-electron chi connectivity index (χ3n) is 5.30. The van der Waals surface area contributed by atoms with Gasteiger partial charge < -0.3 is 9.42 Å². The Balaban J connectivity index is 1.71. The van der Waals surface area contributed by atoms with Gasteiger partial charge in [-0.3, -0.25) is 4.98 Å². The number of alkyl halides is 4. The van der Waals surface area contributed by atoms with Crippen LogP contribution < -0.4 is 4.90 Å². The van der Waals surface area contributed by atoms with Gasteiger partial charge in [0.1, 0.15) is 0 Å². The molecule has 1 aliphatic heterocycles. The van der Waals surface area contributed by atoms with Crippen molar-refractivity contribution in [3.05, 3.63) is 47.8 Å². The first kappa shape index (κ1) is 20.7. The Kier molecular flexibility index (Phi) is 5.69. The van der Waals surface area contributed by atoms with E-state index in [1.165, 1.54) is 6.07 Å². The normalized spacial score (nSPS) is 17.4. The van der Waals surface area contributed by atoms with Crippen molar-refractivity contribution in [3.63, 3.8) is 0 Å². The maximum atomic E-state index is 13.9. The summed E-state index contributed by atoms with van der Waals surface area (Å²) in [5, 5.41) is 3.91. The van der Waals surface area contributed by atoms with Crippen LogP contribution >= 0.6 is 11.6 Å². The van der Waals surface area contributed by atoms with E-state index in [0.717, 1.165) is 25.3 Å². The fourth-order valence-corrected chi connectivity index (χ4v) is 3.90. The van der Waals surface area contributed by atoms with Crippen LogP contribution in [0.4, 0.5) is 18.9 Å². The monoisotopic (exact) mass is 436 g/mol. The summed E-state index contributed by atoms with van der Waals surface area (Å²) in [7, 11) is 0. The van der Waals surface area contributed by atoms with Crippen LogP contribution in [0.3, 0.4) is 0 Å². The SMILES string of the molecule is CC1CCCCN1c1ccc(-c2nc(-c3ccnc(CCl)c3)no2)cc1C(F)(F)F. The Labute approximate surface area is 176 Å². The minimum absolute atomic E-state index is 0.0259. The second-order valence-electron chi connectivity index (χ2n) is 7.36. The van der Waals surface area contributed by atoms with Crippen molar-refractivity contribution in [1.82, 2.24) is 15.1 Å². The number of aromatic nitrogens is 3. The zero-order valence-electron chi connectivity index (χ0n) is 16.3. The summed E-state index contributed by atoms with van der Waals surface area (Å²) in [5.74, 6) is 0.517. The summed E-state index contributed by atoms with van der Waals surface area (Å²) >= 11 is 5.80. The second kappa shape index (κ2) is 8.26. The van der Waals surface area contributed by atoms with Crippen LogP contribution in [0.2, 0.25) is 0 Å². The molecule has 9 heteroatoms. The molecule has 0 radical (unpaired) electrons. The van der Waals surface area contributed by atoms with E-state index >= 15 is 0 Å². The molecule has 0 saturated carbocycles. The van der Waals surface area contributed by atoms with Crippen molar-refractivity contribution in [1.29, 1.82) is 0 Å². The van der Waals surface area contributed by atoms with Crippen molar-refractivity contribution < 1.29 is 17.7 Å².